The van der Waals surface area contributed by atoms with Gasteiger partial charge in [0.25, 0.3) is 0 Å². The fraction of sp³-hybridized carbons (Fsp3) is 1.00. The van der Waals surface area contributed by atoms with E-state index in [0.717, 1.165) is 38.3 Å². The summed E-state index contributed by atoms with van der Waals surface area (Å²) < 4.78 is 5.39. The minimum Gasteiger partial charge on any atom is -0.380 e. The van der Waals surface area contributed by atoms with Crippen molar-refractivity contribution in [1.82, 2.24) is 10.2 Å². The second-order valence-electron chi connectivity index (χ2n) is 4.81. The zero-order valence-electron chi connectivity index (χ0n) is 11.2. The number of rotatable bonds is 8. The van der Waals surface area contributed by atoms with Crippen LogP contribution < -0.4 is 5.32 Å². The van der Waals surface area contributed by atoms with Gasteiger partial charge in [-0.25, -0.2) is 0 Å². The molecule has 16 heavy (non-hydrogen) atoms. The Morgan fingerprint density at radius 3 is 2.81 bits per heavy atom. The highest BCUT2D eigenvalue weighted by molar-refractivity contribution is 4.84. The molecule has 0 spiro atoms. The highest BCUT2D eigenvalue weighted by atomic mass is 16.5. The lowest BCUT2D eigenvalue weighted by Crippen LogP contribution is -2.39. The third kappa shape index (κ3) is 4.81. The van der Waals surface area contributed by atoms with Crippen LogP contribution in [0.4, 0.5) is 0 Å². The molecule has 0 amide bonds. The number of nitrogens with one attached hydrogen (secondary N) is 1. The predicted molar refractivity (Wildman–Crippen MR) is 68.8 cm³/mol. The van der Waals surface area contributed by atoms with Crippen molar-refractivity contribution in [3.8, 4) is 0 Å². The maximum Gasteiger partial charge on any atom is 0.0593 e. The first-order chi connectivity index (χ1) is 7.77. The number of hydrogen-bond acceptors (Lipinski definition) is 3. The van der Waals surface area contributed by atoms with Crippen LogP contribution in [0.3, 0.4) is 0 Å². The first-order valence-corrected chi connectivity index (χ1v) is 6.77. The third-order valence-electron chi connectivity index (χ3n) is 3.49. The molecule has 0 bridgehead atoms. The van der Waals surface area contributed by atoms with Crippen LogP contribution in [0, 0.1) is 5.92 Å². The van der Waals surface area contributed by atoms with E-state index in [2.05, 4.69) is 31.1 Å². The molecule has 2 atom stereocenters. The van der Waals surface area contributed by atoms with Gasteiger partial charge in [-0.2, -0.15) is 0 Å². The van der Waals surface area contributed by atoms with Crippen molar-refractivity contribution >= 4 is 0 Å². The molecule has 96 valence electrons. The summed E-state index contributed by atoms with van der Waals surface area (Å²) >= 11 is 0. The van der Waals surface area contributed by atoms with E-state index in [1.807, 2.05) is 0 Å². The average Bonchev–Trinajstić information content (AvgIpc) is 2.67. The molecule has 0 saturated heterocycles. The Morgan fingerprint density at radius 1 is 1.31 bits per heavy atom. The van der Waals surface area contributed by atoms with Gasteiger partial charge in [-0.15, -0.1) is 0 Å². The molecule has 0 aromatic carbocycles. The fourth-order valence-electron chi connectivity index (χ4n) is 2.64. The predicted octanol–water partition coefficient (Wildman–Crippen LogP) is 1.73. The summed E-state index contributed by atoms with van der Waals surface area (Å²) in [5.41, 5.74) is 0. The number of likely N-dealkylation sites (N-methyl/N-ethyl adjacent to an activating group) is 1. The van der Waals surface area contributed by atoms with Crippen LogP contribution in [0.5, 0.6) is 0 Å². The van der Waals surface area contributed by atoms with Crippen molar-refractivity contribution in [2.75, 3.05) is 39.9 Å². The van der Waals surface area contributed by atoms with E-state index >= 15 is 0 Å². The summed E-state index contributed by atoms with van der Waals surface area (Å²) in [6.45, 7) is 9.33. The van der Waals surface area contributed by atoms with Gasteiger partial charge in [-0.1, -0.05) is 13.3 Å². The Morgan fingerprint density at radius 2 is 2.12 bits per heavy atom. The Kier molecular flexibility index (Phi) is 7.01. The molecule has 0 aliphatic heterocycles. The second-order valence-corrected chi connectivity index (χ2v) is 4.81. The van der Waals surface area contributed by atoms with Gasteiger partial charge in [0.05, 0.1) is 6.61 Å². The summed E-state index contributed by atoms with van der Waals surface area (Å²) in [5.74, 6) is 0.839. The van der Waals surface area contributed by atoms with Crippen molar-refractivity contribution in [2.45, 2.75) is 39.2 Å². The number of ether oxygens (including phenoxy) is 1. The number of hydrogen-bond donors (Lipinski definition) is 1. The largest absolute Gasteiger partial charge is 0.380 e. The molecule has 1 fully saturated rings. The van der Waals surface area contributed by atoms with Crippen LogP contribution in [-0.4, -0.2) is 50.8 Å². The molecule has 0 aromatic rings. The van der Waals surface area contributed by atoms with E-state index < -0.39 is 0 Å². The van der Waals surface area contributed by atoms with E-state index in [0.29, 0.717) is 0 Å². The van der Waals surface area contributed by atoms with E-state index in [1.54, 1.807) is 0 Å². The number of nitrogens with zero attached hydrogens (tertiary/aromatic N) is 1. The molecule has 1 saturated carbocycles. The topological polar surface area (TPSA) is 24.5 Å². The van der Waals surface area contributed by atoms with Crippen LogP contribution in [-0.2, 0) is 4.74 Å². The Hall–Kier alpha value is -0.120. The molecule has 0 radical (unpaired) electrons. The van der Waals surface area contributed by atoms with Gasteiger partial charge in [0, 0.05) is 25.7 Å². The van der Waals surface area contributed by atoms with E-state index in [4.69, 9.17) is 4.74 Å². The van der Waals surface area contributed by atoms with E-state index in [9.17, 15) is 0 Å². The summed E-state index contributed by atoms with van der Waals surface area (Å²) in [6.07, 6.45) is 4.14. The normalized spacial score (nSPS) is 25.5. The zero-order valence-corrected chi connectivity index (χ0v) is 11.2. The molecule has 3 nitrogen and oxygen atoms in total. The molecular weight excluding hydrogens is 200 g/mol. The van der Waals surface area contributed by atoms with Crippen LogP contribution in [0.2, 0.25) is 0 Å². The van der Waals surface area contributed by atoms with Crippen molar-refractivity contribution in [1.29, 1.82) is 0 Å². The van der Waals surface area contributed by atoms with Crippen LogP contribution in [0.25, 0.3) is 0 Å². The molecule has 0 heterocycles. The second kappa shape index (κ2) is 8.04. The highest BCUT2D eigenvalue weighted by Crippen LogP contribution is 2.26. The molecule has 1 rings (SSSR count). The Bertz CT molecular complexity index is 175. The lowest BCUT2D eigenvalue weighted by atomic mass is 10.0. The molecule has 1 aliphatic rings. The molecule has 2 unspecified atom stereocenters. The van der Waals surface area contributed by atoms with Gasteiger partial charge >= 0.3 is 0 Å². The lowest BCUT2D eigenvalue weighted by molar-refractivity contribution is 0.115. The molecule has 1 aliphatic carbocycles. The minimum atomic E-state index is 0.750. The monoisotopic (exact) mass is 228 g/mol. The maximum atomic E-state index is 5.39. The average molecular weight is 228 g/mol. The van der Waals surface area contributed by atoms with Gasteiger partial charge in [-0.3, -0.25) is 0 Å². The fourth-order valence-corrected chi connectivity index (χ4v) is 2.64. The van der Waals surface area contributed by atoms with Crippen LogP contribution in [0.15, 0.2) is 0 Å². The van der Waals surface area contributed by atoms with Crippen molar-refractivity contribution in [2.24, 2.45) is 5.92 Å². The van der Waals surface area contributed by atoms with Gasteiger partial charge in [0.2, 0.25) is 0 Å². The summed E-state index contributed by atoms with van der Waals surface area (Å²) in [4.78, 5) is 2.41. The van der Waals surface area contributed by atoms with Crippen molar-refractivity contribution in [3.63, 3.8) is 0 Å². The summed E-state index contributed by atoms with van der Waals surface area (Å²) in [6, 6.07) is 0.750. The van der Waals surface area contributed by atoms with Crippen LogP contribution >= 0.6 is 0 Å². The first-order valence-electron chi connectivity index (χ1n) is 6.77. The highest BCUT2D eigenvalue weighted by Gasteiger charge is 2.26. The van der Waals surface area contributed by atoms with E-state index in [1.165, 1.54) is 25.8 Å². The van der Waals surface area contributed by atoms with Gasteiger partial charge in [0.15, 0.2) is 0 Å². The molecule has 0 aromatic heterocycles. The minimum absolute atomic E-state index is 0.750. The smallest absolute Gasteiger partial charge is 0.0593 e. The van der Waals surface area contributed by atoms with Gasteiger partial charge < -0.3 is 15.0 Å². The van der Waals surface area contributed by atoms with Gasteiger partial charge in [0.1, 0.15) is 0 Å². The maximum absolute atomic E-state index is 5.39. The van der Waals surface area contributed by atoms with Gasteiger partial charge in [-0.05, 0) is 39.3 Å². The lowest BCUT2D eigenvalue weighted by Gasteiger charge is -2.26. The SMILES string of the molecule is CCNC1CCCC1CN(C)CCOCC. The first kappa shape index (κ1) is 13.9. The molecule has 1 N–H and O–H groups in total. The Balaban J connectivity index is 2.18. The molecular formula is C13H28N2O. The van der Waals surface area contributed by atoms with E-state index in [-0.39, 0.29) is 0 Å². The third-order valence-corrected chi connectivity index (χ3v) is 3.49. The quantitative estimate of drug-likeness (QED) is 0.640. The zero-order chi connectivity index (χ0) is 11.8. The summed E-state index contributed by atoms with van der Waals surface area (Å²) in [7, 11) is 2.21. The van der Waals surface area contributed by atoms with Crippen molar-refractivity contribution in [3.05, 3.63) is 0 Å². The standard InChI is InChI=1S/C13H28N2O/c1-4-14-13-8-6-7-12(13)11-15(3)9-10-16-5-2/h12-14H,4-11H2,1-3H3. The van der Waals surface area contributed by atoms with Crippen molar-refractivity contribution < 1.29 is 4.74 Å². The van der Waals surface area contributed by atoms with Crippen LogP contribution in [0.1, 0.15) is 33.1 Å². The Labute approximate surface area is 101 Å². The molecule has 3 heteroatoms. The summed E-state index contributed by atoms with van der Waals surface area (Å²) in [5, 5.41) is 3.61.